The highest BCUT2D eigenvalue weighted by Crippen LogP contribution is 2.25. The molecule has 0 spiro atoms. The lowest BCUT2D eigenvalue weighted by Gasteiger charge is -2.33. The highest BCUT2D eigenvalue weighted by molar-refractivity contribution is 5.79. The fraction of sp³-hybridized carbons (Fsp3) is 0.611. The standard InChI is InChI=1S/C18H28N2O2/c1-13(7-8-14-9-11-15(21)12-10-14)20-17-6-4-3-5-16(17)18(22)19-2/h9-13,16-17,20-21H,3-8H2,1-2H3,(H,19,22). The van der Waals surface area contributed by atoms with Crippen molar-refractivity contribution in [3.8, 4) is 5.75 Å². The van der Waals surface area contributed by atoms with Crippen LogP contribution in [0.15, 0.2) is 24.3 Å². The van der Waals surface area contributed by atoms with E-state index < -0.39 is 0 Å². The van der Waals surface area contributed by atoms with E-state index in [0.717, 1.165) is 32.1 Å². The molecule has 0 aliphatic heterocycles. The Kier molecular flexibility index (Phi) is 6.25. The van der Waals surface area contributed by atoms with Crippen molar-refractivity contribution >= 4 is 5.91 Å². The number of rotatable bonds is 6. The van der Waals surface area contributed by atoms with Crippen LogP contribution >= 0.6 is 0 Å². The molecule has 0 aromatic heterocycles. The van der Waals surface area contributed by atoms with Crippen molar-refractivity contribution in [3.63, 3.8) is 0 Å². The van der Waals surface area contributed by atoms with Gasteiger partial charge in [-0.3, -0.25) is 4.79 Å². The second kappa shape index (κ2) is 8.18. The quantitative estimate of drug-likeness (QED) is 0.757. The van der Waals surface area contributed by atoms with Crippen LogP contribution in [-0.4, -0.2) is 30.1 Å². The molecule has 1 aromatic carbocycles. The number of amides is 1. The van der Waals surface area contributed by atoms with Crippen molar-refractivity contribution in [2.75, 3.05) is 7.05 Å². The maximum absolute atomic E-state index is 12.0. The van der Waals surface area contributed by atoms with Gasteiger partial charge in [0.25, 0.3) is 0 Å². The second-order valence-electron chi connectivity index (χ2n) is 6.38. The first kappa shape index (κ1) is 16.8. The summed E-state index contributed by atoms with van der Waals surface area (Å²) in [4.78, 5) is 12.0. The number of phenolic OH excluding ortho intramolecular Hbond substituents is 1. The third kappa shape index (κ3) is 4.73. The van der Waals surface area contributed by atoms with E-state index in [2.05, 4.69) is 17.6 Å². The SMILES string of the molecule is CNC(=O)C1CCCCC1NC(C)CCc1ccc(O)cc1. The van der Waals surface area contributed by atoms with E-state index in [1.165, 1.54) is 12.0 Å². The van der Waals surface area contributed by atoms with Crippen LogP contribution in [0, 0.1) is 5.92 Å². The predicted molar refractivity (Wildman–Crippen MR) is 88.8 cm³/mol. The van der Waals surface area contributed by atoms with Gasteiger partial charge in [-0.25, -0.2) is 0 Å². The summed E-state index contributed by atoms with van der Waals surface area (Å²) < 4.78 is 0. The topological polar surface area (TPSA) is 61.4 Å². The summed E-state index contributed by atoms with van der Waals surface area (Å²) in [6.45, 7) is 2.19. The molecule has 3 unspecified atom stereocenters. The van der Waals surface area contributed by atoms with Gasteiger partial charge in [0, 0.05) is 19.1 Å². The van der Waals surface area contributed by atoms with E-state index in [9.17, 15) is 9.90 Å². The first-order chi connectivity index (χ1) is 10.6. The first-order valence-electron chi connectivity index (χ1n) is 8.35. The Morgan fingerprint density at radius 2 is 1.95 bits per heavy atom. The lowest BCUT2D eigenvalue weighted by atomic mass is 9.83. The molecule has 3 atom stereocenters. The van der Waals surface area contributed by atoms with Crippen molar-refractivity contribution in [2.24, 2.45) is 5.92 Å². The van der Waals surface area contributed by atoms with Gasteiger partial charge < -0.3 is 15.7 Å². The zero-order valence-electron chi connectivity index (χ0n) is 13.6. The number of nitrogens with one attached hydrogen (secondary N) is 2. The smallest absolute Gasteiger partial charge is 0.224 e. The molecular weight excluding hydrogens is 276 g/mol. The molecule has 1 fully saturated rings. The van der Waals surface area contributed by atoms with Crippen LogP contribution in [0.4, 0.5) is 0 Å². The fourth-order valence-electron chi connectivity index (χ4n) is 3.32. The van der Waals surface area contributed by atoms with Crippen LogP contribution in [0.5, 0.6) is 5.75 Å². The molecule has 3 N–H and O–H groups in total. The van der Waals surface area contributed by atoms with Gasteiger partial charge >= 0.3 is 0 Å². The Balaban J connectivity index is 1.83. The summed E-state index contributed by atoms with van der Waals surface area (Å²) in [5.41, 5.74) is 1.23. The third-order valence-corrected chi connectivity index (χ3v) is 4.65. The van der Waals surface area contributed by atoms with Gasteiger partial charge in [-0.05, 0) is 50.3 Å². The molecule has 1 saturated carbocycles. The molecule has 122 valence electrons. The summed E-state index contributed by atoms with van der Waals surface area (Å²) in [5.74, 6) is 0.586. The molecule has 0 heterocycles. The number of benzene rings is 1. The van der Waals surface area contributed by atoms with Crippen LogP contribution in [0.2, 0.25) is 0 Å². The molecular formula is C18H28N2O2. The molecule has 1 amide bonds. The zero-order chi connectivity index (χ0) is 15.9. The Bertz CT molecular complexity index is 472. The minimum absolute atomic E-state index is 0.106. The normalized spacial score (nSPS) is 23.0. The molecule has 0 radical (unpaired) electrons. The van der Waals surface area contributed by atoms with Crippen molar-refractivity contribution < 1.29 is 9.90 Å². The summed E-state index contributed by atoms with van der Waals surface area (Å²) in [6, 6.07) is 8.07. The third-order valence-electron chi connectivity index (χ3n) is 4.65. The van der Waals surface area contributed by atoms with E-state index in [-0.39, 0.29) is 11.8 Å². The van der Waals surface area contributed by atoms with E-state index in [1.807, 2.05) is 12.1 Å². The number of hydrogen-bond acceptors (Lipinski definition) is 3. The number of phenols is 1. The Labute approximate surface area is 133 Å². The maximum atomic E-state index is 12.0. The highest BCUT2D eigenvalue weighted by atomic mass is 16.3. The van der Waals surface area contributed by atoms with Gasteiger partial charge in [0.05, 0.1) is 5.92 Å². The maximum Gasteiger partial charge on any atom is 0.224 e. The van der Waals surface area contributed by atoms with Gasteiger partial charge in [0.15, 0.2) is 0 Å². The predicted octanol–water partition coefficient (Wildman–Crippen LogP) is 2.61. The van der Waals surface area contributed by atoms with E-state index in [0.29, 0.717) is 17.8 Å². The average molecular weight is 304 g/mol. The van der Waals surface area contributed by atoms with Crippen LogP contribution in [0.25, 0.3) is 0 Å². The molecule has 4 heteroatoms. The van der Waals surface area contributed by atoms with Crippen molar-refractivity contribution in [3.05, 3.63) is 29.8 Å². The van der Waals surface area contributed by atoms with Crippen LogP contribution in [-0.2, 0) is 11.2 Å². The van der Waals surface area contributed by atoms with Gasteiger partial charge in [0.2, 0.25) is 5.91 Å². The number of hydrogen-bond donors (Lipinski definition) is 3. The summed E-state index contributed by atoms with van der Waals surface area (Å²) in [5, 5.41) is 15.8. The molecule has 0 bridgehead atoms. The van der Waals surface area contributed by atoms with Crippen LogP contribution in [0.1, 0.15) is 44.6 Å². The highest BCUT2D eigenvalue weighted by Gasteiger charge is 2.30. The van der Waals surface area contributed by atoms with Crippen molar-refractivity contribution in [1.82, 2.24) is 10.6 Å². The van der Waals surface area contributed by atoms with E-state index >= 15 is 0 Å². The average Bonchev–Trinajstić information content (AvgIpc) is 2.54. The van der Waals surface area contributed by atoms with E-state index in [1.54, 1.807) is 19.2 Å². The molecule has 4 nitrogen and oxygen atoms in total. The lowest BCUT2D eigenvalue weighted by Crippen LogP contribution is -2.48. The van der Waals surface area contributed by atoms with Gasteiger partial charge in [-0.15, -0.1) is 0 Å². The summed E-state index contributed by atoms with van der Waals surface area (Å²) in [7, 11) is 1.72. The number of carbonyl (C=O) groups excluding carboxylic acids is 1. The van der Waals surface area contributed by atoms with Gasteiger partial charge in [-0.2, -0.15) is 0 Å². The first-order valence-corrected chi connectivity index (χ1v) is 8.35. The monoisotopic (exact) mass is 304 g/mol. The molecule has 0 saturated heterocycles. The Hall–Kier alpha value is -1.55. The number of aryl methyl sites for hydroxylation is 1. The van der Waals surface area contributed by atoms with E-state index in [4.69, 9.17) is 0 Å². The number of aromatic hydroxyl groups is 1. The minimum atomic E-state index is 0.106. The lowest BCUT2D eigenvalue weighted by molar-refractivity contribution is -0.126. The second-order valence-corrected chi connectivity index (χ2v) is 6.38. The summed E-state index contributed by atoms with van der Waals surface area (Å²) in [6.07, 6.45) is 6.44. The summed E-state index contributed by atoms with van der Waals surface area (Å²) >= 11 is 0. The molecule has 1 aliphatic rings. The molecule has 1 aliphatic carbocycles. The van der Waals surface area contributed by atoms with Gasteiger partial charge in [0.1, 0.15) is 5.75 Å². The van der Waals surface area contributed by atoms with Gasteiger partial charge in [-0.1, -0.05) is 25.0 Å². The van der Waals surface area contributed by atoms with Crippen LogP contribution in [0.3, 0.4) is 0 Å². The molecule has 2 rings (SSSR count). The van der Waals surface area contributed by atoms with Crippen LogP contribution < -0.4 is 10.6 Å². The largest absolute Gasteiger partial charge is 0.508 e. The Morgan fingerprint density at radius 1 is 1.27 bits per heavy atom. The van der Waals surface area contributed by atoms with Crippen molar-refractivity contribution in [1.29, 1.82) is 0 Å². The van der Waals surface area contributed by atoms with Crippen molar-refractivity contribution in [2.45, 2.75) is 57.5 Å². The fourth-order valence-corrected chi connectivity index (χ4v) is 3.32. The zero-order valence-corrected chi connectivity index (χ0v) is 13.6. The molecule has 1 aromatic rings. The Morgan fingerprint density at radius 3 is 2.64 bits per heavy atom. The molecule has 22 heavy (non-hydrogen) atoms. The minimum Gasteiger partial charge on any atom is -0.508 e. The number of carbonyl (C=O) groups is 1.